The maximum absolute atomic E-state index is 13.7. The fourth-order valence-electron chi connectivity index (χ4n) is 2.77. The van der Waals surface area contributed by atoms with Gasteiger partial charge in [-0.3, -0.25) is 4.79 Å². The number of amides is 1. The Balaban J connectivity index is 1.60. The van der Waals surface area contributed by atoms with Crippen LogP contribution in [0.25, 0.3) is 6.08 Å². The Bertz CT molecular complexity index is 764. The van der Waals surface area contributed by atoms with Gasteiger partial charge in [0.25, 0.3) is 0 Å². The standard InChI is InChI=1S/C19H17Cl2FN2O/c20-14-4-6-15(7-5-14)23-10-12-24(13-11-23)19(25)9-8-16-17(21)2-1-3-18(16)22/h1-9H,10-13H2/b9-8+. The Labute approximate surface area is 156 Å². The predicted molar refractivity (Wildman–Crippen MR) is 101 cm³/mol. The molecule has 2 aromatic carbocycles. The number of benzene rings is 2. The average Bonchev–Trinajstić information content (AvgIpc) is 2.62. The molecule has 0 saturated carbocycles. The maximum Gasteiger partial charge on any atom is 0.246 e. The summed E-state index contributed by atoms with van der Waals surface area (Å²) in [4.78, 5) is 16.3. The van der Waals surface area contributed by atoms with E-state index in [1.54, 1.807) is 11.0 Å². The summed E-state index contributed by atoms with van der Waals surface area (Å²) in [5.41, 5.74) is 1.32. The van der Waals surface area contributed by atoms with E-state index in [1.165, 1.54) is 24.3 Å². The molecule has 1 heterocycles. The van der Waals surface area contributed by atoms with Gasteiger partial charge in [-0.1, -0.05) is 29.3 Å². The molecule has 0 aliphatic carbocycles. The summed E-state index contributed by atoms with van der Waals surface area (Å²) in [5.74, 6) is -0.584. The van der Waals surface area contributed by atoms with Crippen LogP contribution in [0.3, 0.4) is 0 Å². The van der Waals surface area contributed by atoms with E-state index in [9.17, 15) is 9.18 Å². The second-order valence-corrected chi connectivity index (χ2v) is 6.60. The van der Waals surface area contributed by atoms with Crippen molar-refractivity contribution < 1.29 is 9.18 Å². The molecule has 1 aliphatic rings. The van der Waals surface area contributed by atoms with Gasteiger partial charge < -0.3 is 9.80 Å². The summed E-state index contributed by atoms with van der Waals surface area (Å²) in [7, 11) is 0. The minimum absolute atomic E-state index is 0.143. The molecule has 0 atom stereocenters. The van der Waals surface area contributed by atoms with E-state index in [-0.39, 0.29) is 16.5 Å². The van der Waals surface area contributed by atoms with Crippen molar-refractivity contribution in [3.8, 4) is 0 Å². The number of anilines is 1. The van der Waals surface area contributed by atoms with Crippen LogP contribution in [0.2, 0.25) is 10.0 Å². The van der Waals surface area contributed by atoms with Gasteiger partial charge in [0.1, 0.15) is 5.82 Å². The van der Waals surface area contributed by atoms with Gasteiger partial charge >= 0.3 is 0 Å². The molecule has 0 aromatic heterocycles. The number of carbonyl (C=O) groups excluding carboxylic acids is 1. The van der Waals surface area contributed by atoms with Crippen LogP contribution in [0.1, 0.15) is 5.56 Å². The molecule has 2 aromatic rings. The van der Waals surface area contributed by atoms with Gasteiger partial charge in [-0.2, -0.15) is 0 Å². The summed E-state index contributed by atoms with van der Waals surface area (Å²) in [6.07, 6.45) is 2.81. The number of halogens is 3. The summed E-state index contributed by atoms with van der Waals surface area (Å²) >= 11 is 11.9. The van der Waals surface area contributed by atoms with E-state index < -0.39 is 5.82 Å². The molecule has 0 radical (unpaired) electrons. The number of carbonyl (C=O) groups is 1. The summed E-state index contributed by atoms with van der Waals surface area (Å²) < 4.78 is 13.7. The van der Waals surface area contributed by atoms with Crippen molar-refractivity contribution in [1.82, 2.24) is 4.90 Å². The highest BCUT2D eigenvalue weighted by molar-refractivity contribution is 6.32. The first-order valence-electron chi connectivity index (χ1n) is 7.96. The van der Waals surface area contributed by atoms with E-state index in [0.717, 1.165) is 18.8 Å². The third kappa shape index (κ3) is 4.33. The quantitative estimate of drug-likeness (QED) is 0.734. The predicted octanol–water partition coefficient (Wildman–Crippen LogP) is 4.49. The van der Waals surface area contributed by atoms with Crippen LogP contribution in [0.4, 0.5) is 10.1 Å². The number of hydrogen-bond donors (Lipinski definition) is 0. The Morgan fingerprint density at radius 2 is 1.68 bits per heavy atom. The molecule has 0 unspecified atom stereocenters. The third-order valence-corrected chi connectivity index (χ3v) is 4.76. The van der Waals surface area contributed by atoms with Crippen molar-refractivity contribution in [2.45, 2.75) is 0 Å². The van der Waals surface area contributed by atoms with Crippen LogP contribution >= 0.6 is 23.2 Å². The highest BCUT2D eigenvalue weighted by Crippen LogP contribution is 2.21. The van der Waals surface area contributed by atoms with Gasteiger partial charge in [-0.05, 0) is 42.5 Å². The molecule has 3 rings (SSSR count). The van der Waals surface area contributed by atoms with Crippen LogP contribution in [0, 0.1) is 5.82 Å². The largest absolute Gasteiger partial charge is 0.368 e. The lowest BCUT2D eigenvalue weighted by molar-refractivity contribution is -0.126. The number of nitrogens with zero attached hydrogens (tertiary/aromatic N) is 2. The van der Waals surface area contributed by atoms with Crippen LogP contribution < -0.4 is 4.90 Å². The molecule has 1 aliphatic heterocycles. The first-order chi connectivity index (χ1) is 12.0. The van der Waals surface area contributed by atoms with Crippen molar-refractivity contribution in [2.24, 2.45) is 0 Å². The second kappa shape index (κ2) is 7.89. The van der Waals surface area contributed by atoms with Gasteiger partial charge in [0.05, 0.1) is 5.02 Å². The summed E-state index contributed by atoms with van der Waals surface area (Å²) in [6, 6.07) is 12.1. The highest BCUT2D eigenvalue weighted by Gasteiger charge is 2.20. The molecule has 6 heteroatoms. The lowest BCUT2D eigenvalue weighted by atomic mass is 10.2. The minimum Gasteiger partial charge on any atom is -0.368 e. The van der Waals surface area contributed by atoms with Gasteiger partial charge in [0.15, 0.2) is 0 Å². The fourth-order valence-corrected chi connectivity index (χ4v) is 3.12. The molecule has 1 amide bonds. The van der Waals surface area contributed by atoms with Gasteiger partial charge in [-0.15, -0.1) is 0 Å². The summed E-state index contributed by atoms with van der Waals surface area (Å²) in [5, 5.41) is 0.992. The van der Waals surface area contributed by atoms with Crippen LogP contribution in [0.15, 0.2) is 48.5 Å². The SMILES string of the molecule is O=C(/C=C/c1c(F)cccc1Cl)N1CCN(c2ccc(Cl)cc2)CC1. The zero-order chi connectivity index (χ0) is 17.8. The molecule has 0 bridgehead atoms. The second-order valence-electron chi connectivity index (χ2n) is 5.76. The molecule has 3 nitrogen and oxygen atoms in total. The Morgan fingerprint density at radius 3 is 2.32 bits per heavy atom. The normalized spacial score (nSPS) is 15.0. The van der Waals surface area contributed by atoms with Gasteiger partial charge in [0.2, 0.25) is 5.91 Å². The molecule has 0 N–H and O–H groups in total. The van der Waals surface area contributed by atoms with Crippen molar-refractivity contribution in [2.75, 3.05) is 31.1 Å². The smallest absolute Gasteiger partial charge is 0.246 e. The molecule has 130 valence electrons. The molecule has 1 saturated heterocycles. The van der Waals surface area contributed by atoms with Crippen molar-refractivity contribution in [1.29, 1.82) is 0 Å². The summed E-state index contributed by atoms with van der Waals surface area (Å²) in [6.45, 7) is 2.69. The lowest BCUT2D eigenvalue weighted by Gasteiger charge is -2.35. The van der Waals surface area contributed by atoms with Crippen LogP contribution in [-0.4, -0.2) is 37.0 Å². The first kappa shape index (κ1) is 17.8. The van der Waals surface area contributed by atoms with E-state index in [0.29, 0.717) is 18.1 Å². The Hall–Kier alpha value is -2.04. The molecule has 25 heavy (non-hydrogen) atoms. The minimum atomic E-state index is -0.441. The average molecular weight is 379 g/mol. The van der Waals surface area contributed by atoms with Crippen molar-refractivity contribution in [3.63, 3.8) is 0 Å². The topological polar surface area (TPSA) is 23.6 Å². The first-order valence-corrected chi connectivity index (χ1v) is 8.72. The van der Waals surface area contributed by atoms with Crippen molar-refractivity contribution >= 4 is 40.9 Å². The van der Waals surface area contributed by atoms with E-state index in [1.807, 2.05) is 24.3 Å². The highest BCUT2D eigenvalue weighted by atomic mass is 35.5. The molecular weight excluding hydrogens is 362 g/mol. The zero-order valence-corrected chi connectivity index (χ0v) is 15.0. The monoisotopic (exact) mass is 378 g/mol. The van der Waals surface area contributed by atoms with E-state index in [4.69, 9.17) is 23.2 Å². The van der Waals surface area contributed by atoms with E-state index in [2.05, 4.69) is 4.90 Å². The number of hydrogen-bond acceptors (Lipinski definition) is 2. The Kier molecular flexibility index (Phi) is 5.61. The van der Waals surface area contributed by atoms with Crippen LogP contribution in [-0.2, 0) is 4.79 Å². The van der Waals surface area contributed by atoms with E-state index >= 15 is 0 Å². The number of rotatable bonds is 3. The van der Waals surface area contributed by atoms with Crippen LogP contribution in [0.5, 0.6) is 0 Å². The van der Waals surface area contributed by atoms with Crippen molar-refractivity contribution in [3.05, 3.63) is 70.0 Å². The van der Waals surface area contributed by atoms with Gasteiger partial charge in [0, 0.05) is 48.5 Å². The maximum atomic E-state index is 13.7. The molecule has 0 spiro atoms. The number of piperazine rings is 1. The molecular formula is C19H17Cl2FN2O. The molecule has 1 fully saturated rings. The lowest BCUT2D eigenvalue weighted by Crippen LogP contribution is -2.48. The van der Waals surface area contributed by atoms with Gasteiger partial charge in [-0.25, -0.2) is 4.39 Å². The Morgan fingerprint density at radius 1 is 1.00 bits per heavy atom. The zero-order valence-electron chi connectivity index (χ0n) is 13.5. The fraction of sp³-hybridized carbons (Fsp3) is 0.211. The third-order valence-electron chi connectivity index (χ3n) is 4.18.